The van der Waals surface area contributed by atoms with Crippen molar-refractivity contribution in [2.45, 2.75) is 13.8 Å². The number of hydrogen-bond donors (Lipinski definition) is 1. The van der Waals surface area contributed by atoms with Crippen LogP contribution < -0.4 is 12.5 Å². The molecule has 158 valence electrons. The van der Waals surface area contributed by atoms with Crippen LogP contribution in [0.5, 0.6) is 11.5 Å². The third kappa shape index (κ3) is 3.31. The van der Waals surface area contributed by atoms with E-state index in [1.807, 2.05) is 48.5 Å². The van der Waals surface area contributed by atoms with Gasteiger partial charge in [0, 0.05) is 11.1 Å². The molecule has 0 saturated heterocycles. The highest BCUT2D eigenvalue weighted by molar-refractivity contribution is 8.00. The summed E-state index contributed by atoms with van der Waals surface area (Å²) in [7, 11) is -9.45. The minimum Gasteiger partial charge on any atom is -0.369 e. The Bertz CT molecular complexity index is 1490. The molecule has 1 heterocycles. The van der Waals surface area contributed by atoms with Crippen LogP contribution in [0.2, 0.25) is 0 Å². The standard InChI is InChI=1S/C22H17NO6S2/c1-13-11-15-7-3-5-9-17(15)19-20-18-10-6-4-8-16(18)12-14(2)22(20)29-31(26,27)23-30(24,25)28-21(13)19/h3-12,23H,1-2H3. The summed E-state index contributed by atoms with van der Waals surface area (Å²) in [5.74, 6) is 0.0906. The monoisotopic (exact) mass is 455 g/mol. The van der Waals surface area contributed by atoms with Gasteiger partial charge in [-0.05, 0) is 62.8 Å². The van der Waals surface area contributed by atoms with Crippen molar-refractivity contribution in [3.63, 3.8) is 0 Å². The molecule has 0 atom stereocenters. The van der Waals surface area contributed by atoms with E-state index in [4.69, 9.17) is 8.37 Å². The Morgan fingerprint density at radius 3 is 1.45 bits per heavy atom. The van der Waals surface area contributed by atoms with E-state index in [2.05, 4.69) is 0 Å². The minimum atomic E-state index is -4.72. The fourth-order valence-electron chi connectivity index (χ4n) is 4.03. The van der Waals surface area contributed by atoms with Crippen LogP contribution in [-0.2, 0) is 20.6 Å². The largest absolute Gasteiger partial charge is 0.398 e. The maximum Gasteiger partial charge on any atom is 0.398 e. The smallest absolute Gasteiger partial charge is 0.369 e. The zero-order chi connectivity index (χ0) is 22.0. The second kappa shape index (κ2) is 6.68. The third-order valence-electron chi connectivity index (χ3n) is 5.21. The van der Waals surface area contributed by atoms with Crippen molar-refractivity contribution in [1.82, 2.24) is 4.13 Å². The quantitative estimate of drug-likeness (QED) is 0.428. The predicted molar refractivity (Wildman–Crippen MR) is 119 cm³/mol. The Morgan fingerprint density at radius 1 is 0.645 bits per heavy atom. The van der Waals surface area contributed by atoms with Gasteiger partial charge in [-0.3, -0.25) is 0 Å². The highest BCUT2D eigenvalue weighted by atomic mass is 32.3. The van der Waals surface area contributed by atoms with Gasteiger partial charge < -0.3 is 8.37 Å². The first-order valence-corrected chi connectivity index (χ1v) is 12.2. The van der Waals surface area contributed by atoms with E-state index in [0.717, 1.165) is 10.8 Å². The molecule has 9 heteroatoms. The van der Waals surface area contributed by atoms with E-state index >= 15 is 0 Å². The molecule has 5 rings (SSSR count). The summed E-state index contributed by atoms with van der Waals surface area (Å²) in [5.41, 5.74) is 1.98. The summed E-state index contributed by atoms with van der Waals surface area (Å²) in [4.78, 5) is 0. The van der Waals surface area contributed by atoms with Crippen molar-refractivity contribution >= 4 is 42.2 Å². The summed E-state index contributed by atoms with van der Waals surface area (Å²) < 4.78 is 62.4. The lowest BCUT2D eigenvalue weighted by atomic mass is 9.89. The molecular formula is C22H17NO6S2. The molecule has 0 aliphatic carbocycles. The van der Waals surface area contributed by atoms with Crippen LogP contribution in [-0.4, -0.2) is 16.8 Å². The summed E-state index contributed by atoms with van der Waals surface area (Å²) in [6.45, 7) is 3.43. The molecule has 1 N–H and O–H groups in total. The lowest BCUT2D eigenvalue weighted by molar-refractivity contribution is 0.462. The highest BCUT2D eigenvalue weighted by Crippen LogP contribution is 2.49. The van der Waals surface area contributed by atoms with Gasteiger partial charge in [-0.2, -0.15) is 16.8 Å². The Hall–Kier alpha value is -3.14. The molecule has 0 bridgehead atoms. The van der Waals surface area contributed by atoms with Gasteiger partial charge in [0.15, 0.2) is 11.5 Å². The molecule has 0 spiro atoms. The molecule has 4 aromatic rings. The average Bonchev–Trinajstić information content (AvgIpc) is 2.72. The first-order valence-electron chi connectivity index (χ1n) is 9.38. The van der Waals surface area contributed by atoms with Crippen LogP contribution in [0.25, 0.3) is 32.7 Å². The molecule has 0 fully saturated rings. The van der Waals surface area contributed by atoms with E-state index in [1.165, 1.54) is 4.13 Å². The van der Waals surface area contributed by atoms with Gasteiger partial charge in [-0.1, -0.05) is 48.5 Å². The zero-order valence-electron chi connectivity index (χ0n) is 16.5. The highest BCUT2D eigenvalue weighted by Gasteiger charge is 2.33. The molecule has 0 aromatic heterocycles. The Labute approximate surface area is 179 Å². The Kier molecular flexibility index (Phi) is 4.27. The zero-order valence-corrected chi connectivity index (χ0v) is 18.2. The van der Waals surface area contributed by atoms with E-state index in [9.17, 15) is 16.8 Å². The summed E-state index contributed by atoms with van der Waals surface area (Å²) in [5, 5.41) is 3.12. The van der Waals surface area contributed by atoms with Gasteiger partial charge in [-0.15, -0.1) is 0 Å². The second-order valence-electron chi connectivity index (χ2n) is 7.40. The Morgan fingerprint density at radius 2 is 1.03 bits per heavy atom. The fraction of sp³-hybridized carbons (Fsp3) is 0.0909. The number of hydrogen-bond acceptors (Lipinski definition) is 6. The van der Waals surface area contributed by atoms with Crippen LogP contribution in [0.15, 0.2) is 60.7 Å². The normalized spacial score (nSPS) is 16.8. The van der Waals surface area contributed by atoms with E-state index in [1.54, 1.807) is 26.0 Å². The van der Waals surface area contributed by atoms with Crippen molar-refractivity contribution in [3.05, 3.63) is 71.8 Å². The summed E-state index contributed by atoms with van der Waals surface area (Å²) in [6.07, 6.45) is 0. The molecule has 0 amide bonds. The molecule has 7 nitrogen and oxygen atoms in total. The lowest BCUT2D eigenvalue weighted by Gasteiger charge is -2.19. The number of benzene rings is 4. The molecule has 1 aliphatic heterocycles. The minimum absolute atomic E-state index is 0.0453. The molecule has 0 saturated carbocycles. The first kappa shape index (κ1) is 19.8. The van der Waals surface area contributed by atoms with Gasteiger partial charge in [0.1, 0.15) is 0 Å². The van der Waals surface area contributed by atoms with E-state index in [0.29, 0.717) is 33.0 Å². The van der Waals surface area contributed by atoms with E-state index in [-0.39, 0.29) is 11.5 Å². The molecular weight excluding hydrogens is 438 g/mol. The average molecular weight is 456 g/mol. The number of aryl methyl sites for hydroxylation is 2. The van der Waals surface area contributed by atoms with Crippen molar-refractivity contribution < 1.29 is 25.2 Å². The van der Waals surface area contributed by atoms with E-state index < -0.39 is 20.6 Å². The van der Waals surface area contributed by atoms with Gasteiger partial charge in [0.05, 0.1) is 0 Å². The maximum absolute atomic E-state index is 12.5. The second-order valence-corrected chi connectivity index (χ2v) is 10.2. The molecule has 0 radical (unpaired) electrons. The van der Waals surface area contributed by atoms with Crippen LogP contribution >= 0.6 is 0 Å². The van der Waals surface area contributed by atoms with Gasteiger partial charge in [-0.25, -0.2) is 0 Å². The summed E-state index contributed by atoms with van der Waals surface area (Å²) >= 11 is 0. The third-order valence-corrected chi connectivity index (χ3v) is 7.62. The van der Waals surface area contributed by atoms with Crippen molar-refractivity contribution in [3.8, 4) is 22.6 Å². The summed E-state index contributed by atoms with van der Waals surface area (Å²) in [6, 6.07) is 18.5. The van der Waals surface area contributed by atoms with Gasteiger partial charge in [0.25, 0.3) is 0 Å². The van der Waals surface area contributed by atoms with Crippen molar-refractivity contribution in [2.75, 3.05) is 0 Å². The topological polar surface area (TPSA) is 98.8 Å². The van der Waals surface area contributed by atoms with Crippen LogP contribution in [0.3, 0.4) is 0 Å². The lowest BCUT2D eigenvalue weighted by Crippen LogP contribution is -2.36. The van der Waals surface area contributed by atoms with Crippen molar-refractivity contribution in [1.29, 1.82) is 0 Å². The Balaban J connectivity index is 2.08. The van der Waals surface area contributed by atoms with Crippen LogP contribution in [0, 0.1) is 13.8 Å². The molecule has 31 heavy (non-hydrogen) atoms. The molecule has 1 aliphatic rings. The van der Waals surface area contributed by atoms with Crippen LogP contribution in [0.1, 0.15) is 11.1 Å². The fourth-order valence-corrected chi connectivity index (χ4v) is 6.17. The van der Waals surface area contributed by atoms with Crippen molar-refractivity contribution in [2.24, 2.45) is 0 Å². The van der Waals surface area contributed by atoms with Gasteiger partial charge in [0.2, 0.25) is 0 Å². The molecule has 0 unspecified atom stereocenters. The van der Waals surface area contributed by atoms with Gasteiger partial charge >= 0.3 is 20.6 Å². The number of nitrogens with one attached hydrogen (secondary N) is 1. The maximum atomic E-state index is 12.5. The van der Waals surface area contributed by atoms with Crippen LogP contribution in [0.4, 0.5) is 0 Å². The number of rotatable bonds is 0. The predicted octanol–water partition coefficient (Wildman–Crippen LogP) is 4.13. The first-order chi connectivity index (χ1) is 14.7. The number of fused-ring (bicyclic) bond motifs is 7. The SMILES string of the molecule is Cc1cc2ccccc2c2c1OS(=O)(=O)NS(=O)(=O)Oc1c(C)cc3ccccc3c1-2. The molecule has 4 aromatic carbocycles.